The molecule has 7 heteroatoms. The van der Waals surface area contributed by atoms with Crippen molar-refractivity contribution in [1.82, 2.24) is 9.97 Å². The Kier molecular flexibility index (Phi) is 4.84. The summed E-state index contributed by atoms with van der Waals surface area (Å²) in [6.07, 6.45) is 1.66. The molecule has 0 radical (unpaired) electrons. The van der Waals surface area contributed by atoms with Crippen LogP contribution in [0.1, 0.15) is 11.4 Å². The van der Waals surface area contributed by atoms with Gasteiger partial charge in [0.1, 0.15) is 0 Å². The van der Waals surface area contributed by atoms with Gasteiger partial charge in [0.15, 0.2) is 0 Å². The highest BCUT2D eigenvalue weighted by molar-refractivity contribution is 7.98. The smallest absolute Gasteiger partial charge is 0.370 e. The summed E-state index contributed by atoms with van der Waals surface area (Å²) in [4.78, 5) is 21.2. The lowest BCUT2D eigenvalue weighted by Gasteiger charge is -1.98. The lowest BCUT2D eigenvalue weighted by molar-refractivity contribution is -0.129. The number of thioether (sulfide) groups is 1. The average Bonchev–Trinajstić information content (AvgIpc) is 2.63. The van der Waals surface area contributed by atoms with E-state index in [1.165, 1.54) is 0 Å². The molecule has 1 rings (SSSR count). The van der Waals surface area contributed by atoms with Gasteiger partial charge in [-0.15, -0.1) is 0 Å². The number of nitrogens with one attached hydrogen (secondary N) is 1. The zero-order chi connectivity index (χ0) is 12.0. The van der Waals surface area contributed by atoms with Crippen molar-refractivity contribution >= 4 is 23.6 Å². The number of nitrogens with two attached hydrogens (primary N) is 1. The molecule has 0 saturated heterocycles. The van der Waals surface area contributed by atoms with Gasteiger partial charge in [0.2, 0.25) is 5.84 Å². The van der Waals surface area contributed by atoms with Gasteiger partial charge in [0, 0.05) is 17.2 Å². The molecule has 4 N–H and O–H groups in total. The number of aromatic nitrogens is 2. The van der Waals surface area contributed by atoms with E-state index >= 15 is 0 Å². The normalized spacial score (nSPS) is 11.7. The Balaban J connectivity index is 2.20. The number of aromatic amines is 1. The first-order chi connectivity index (χ1) is 7.61. The van der Waals surface area contributed by atoms with Crippen LogP contribution in [0.4, 0.5) is 0 Å². The maximum atomic E-state index is 10.3. The van der Waals surface area contributed by atoms with Crippen molar-refractivity contribution in [2.75, 3.05) is 12.3 Å². The molecule has 16 heavy (non-hydrogen) atoms. The van der Waals surface area contributed by atoms with Crippen LogP contribution in [0.15, 0.2) is 11.3 Å². The Labute approximate surface area is 97.4 Å². The van der Waals surface area contributed by atoms with Crippen molar-refractivity contribution in [2.24, 2.45) is 10.7 Å². The van der Waals surface area contributed by atoms with E-state index in [4.69, 9.17) is 10.8 Å². The SMILES string of the molecule is Cc1[nH]cnc1CSCCN=C(N)C(=O)O. The number of imidazole rings is 1. The van der Waals surface area contributed by atoms with Gasteiger partial charge >= 0.3 is 5.97 Å². The van der Waals surface area contributed by atoms with Gasteiger partial charge in [-0.2, -0.15) is 11.8 Å². The van der Waals surface area contributed by atoms with E-state index < -0.39 is 5.97 Å². The van der Waals surface area contributed by atoms with Gasteiger partial charge < -0.3 is 15.8 Å². The molecule has 0 saturated carbocycles. The average molecular weight is 242 g/mol. The second kappa shape index (κ2) is 6.16. The number of aliphatic imine (C=N–C) groups is 1. The molecule has 0 fully saturated rings. The molecule has 1 aromatic heterocycles. The van der Waals surface area contributed by atoms with Crippen molar-refractivity contribution in [3.05, 3.63) is 17.7 Å². The molecule has 0 aliphatic rings. The van der Waals surface area contributed by atoms with E-state index in [-0.39, 0.29) is 5.84 Å². The van der Waals surface area contributed by atoms with Crippen molar-refractivity contribution in [2.45, 2.75) is 12.7 Å². The fourth-order valence-corrected chi connectivity index (χ4v) is 1.85. The van der Waals surface area contributed by atoms with Gasteiger partial charge in [-0.05, 0) is 6.92 Å². The highest BCUT2D eigenvalue weighted by Crippen LogP contribution is 2.11. The van der Waals surface area contributed by atoms with E-state index in [0.717, 1.165) is 22.9 Å². The Morgan fingerprint density at radius 3 is 3.06 bits per heavy atom. The predicted molar refractivity (Wildman–Crippen MR) is 63.6 cm³/mol. The first-order valence-corrected chi connectivity index (χ1v) is 5.86. The van der Waals surface area contributed by atoms with Crippen molar-refractivity contribution in [1.29, 1.82) is 0 Å². The van der Waals surface area contributed by atoms with Crippen LogP contribution in [-0.2, 0) is 10.5 Å². The minimum Gasteiger partial charge on any atom is -0.475 e. The highest BCUT2D eigenvalue weighted by atomic mass is 32.2. The number of H-pyrrole nitrogens is 1. The first kappa shape index (κ1) is 12.6. The van der Waals surface area contributed by atoms with Crippen LogP contribution in [0.25, 0.3) is 0 Å². The maximum Gasteiger partial charge on any atom is 0.370 e. The number of amidine groups is 1. The van der Waals surface area contributed by atoms with Crippen LogP contribution in [0, 0.1) is 6.92 Å². The van der Waals surface area contributed by atoms with Gasteiger partial charge in [-0.3, -0.25) is 4.99 Å². The molecule has 0 spiro atoms. The van der Waals surface area contributed by atoms with Crippen LogP contribution >= 0.6 is 11.8 Å². The third-order valence-corrected chi connectivity index (χ3v) is 2.86. The maximum absolute atomic E-state index is 10.3. The van der Waals surface area contributed by atoms with Crippen molar-refractivity contribution < 1.29 is 9.90 Å². The van der Waals surface area contributed by atoms with E-state index in [1.54, 1.807) is 18.1 Å². The molecular formula is C9H14N4O2S. The quantitative estimate of drug-likeness (QED) is 0.393. The molecule has 0 aromatic carbocycles. The van der Waals surface area contributed by atoms with E-state index in [0.29, 0.717) is 6.54 Å². The number of aryl methyl sites for hydroxylation is 1. The third-order valence-electron chi connectivity index (χ3n) is 1.91. The van der Waals surface area contributed by atoms with E-state index in [2.05, 4.69) is 15.0 Å². The number of carboxylic acid groups (broad SMARTS) is 1. The van der Waals surface area contributed by atoms with Gasteiger partial charge in [0.25, 0.3) is 0 Å². The van der Waals surface area contributed by atoms with Crippen LogP contribution in [0.5, 0.6) is 0 Å². The summed E-state index contributed by atoms with van der Waals surface area (Å²) >= 11 is 1.64. The zero-order valence-electron chi connectivity index (χ0n) is 8.93. The number of carbonyl (C=O) groups is 1. The molecule has 0 aliphatic carbocycles. The van der Waals surface area contributed by atoms with E-state index in [1.807, 2.05) is 6.92 Å². The molecule has 0 bridgehead atoms. The summed E-state index contributed by atoms with van der Waals surface area (Å²) in [5.41, 5.74) is 7.21. The molecule has 6 nitrogen and oxygen atoms in total. The fourth-order valence-electron chi connectivity index (χ4n) is 1.000. The fraction of sp³-hybridized carbons (Fsp3) is 0.444. The predicted octanol–water partition coefficient (Wildman–Crippen LogP) is 0.393. The molecule has 0 unspecified atom stereocenters. The summed E-state index contributed by atoms with van der Waals surface area (Å²) < 4.78 is 0. The third kappa shape index (κ3) is 3.93. The zero-order valence-corrected chi connectivity index (χ0v) is 9.75. The summed E-state index contributed by atoms with van der Waals surface area (Å²) in [5.74, 6) is 0.00247. The molecular weight excluding hydrogens is 228 g/mol. The summed E-state index contributed by atoms with van der Waals surface area (Å²) in [6, 6.07) is 0. The Morgan fingerprint density at radius 2 is 2.50 bits per heavy atom. The minimum atomic E-state index is -1.17. The van der Waals surface area contributed by atoms with Crippen LogP contribution in [0.2, 0.25) is 0 Å². The largest absolute Gasteiger partial charge is 0.475 e. The van der Waals surface area contributed by atoms with Crippen LogP contribution in [0.3, 0.4) is 0 Å². The number of rotatable bonds is 5. The first-order valence-electron chi connectivity index (χ1n) is 4.71. The Hall–Kier alpha value is -1.50. The molecule has 0 amide bonds. The topological polar surface area (TPSA) is 104 Å². The molecule has 0 aliphatic heterocycles. The van der Waals surface area contributed by atoms with Gasteiger partial charge in [-0.1, -0.05) is 0 Å². The van der Waals surface area contributed by atoms with E-state index in [9.17, 15) is 4.79 Å². The number of aliphatic carboxylic acids is 1. The number of hydrogen-bond donors (Lipinski definition) is 3. The Bertz CT molecular complexity index is 389. The minimum absolute atomic E-state index is 0.337. The standard InChI is InChI=1S/C9H14N4O2S/c1-6-7(13-5-12-6)4-16-3-2-11-8(10)9(14)15/h5H,2-4H2,1H3,(H2,10,11)(H,12,13)(H,14,15). The van der Waals surface area contributed by atoms with Gasteiger partial charge in [0.05, 0.1) is 18.6 Å². The number of nitrogens with zero attached hydrogens (tertiary/aromatic N) is 2. The summed E-state index contributed by atoms with van der Waals surface area (Å²) in [6.45, 7) is 2.37. The highest BCUT2D eigenvalue weighted by Gasteiger charge is 2.02. The lowest BCUT2D eigenvalue weighted by atomic mass is 10.4. The van der Waals surface area contributed by atoms with Gasteiger partial charge in [-0.25, -0.2) is 9.78 Å². The second-order valence-electron chi connectivity index (χ2n) is 3.10. The molecule has 1 heterocycles. The lowest BCUT2D eigenvalue weighted by Crippen LogP contribution is -2.23. The summed E-state index contributed by atoms with van der Waals surface area (Å²) in [7, 11) is 0. The van der Waals surface area contributed by atoms with Crippen molar-refractivity contribution in [3.8, 4) is 0 Å². The second-order valence-corrected chi connectivity index (χ2v) is 4.20. The van der Waals surface area contributed by atoms with Crippen LogP contribution < -0.4 is 5.73 Å². The number of hydrogen-bond acceptors (Lipinski definition) is 4. The monoisotopic (exact) mass is 242 g/mol. The molecule has 0 atom stereocenters. The summed E-state index contributed by atoms with van der Waals surface area (Å²) in [5, 5.41) is 8.45. The molecule has 88 valence electrons. The number of carboxylic acids is 1. The Morgan fingerprint density at radius 1 is 1.75 bits per heavy atom. The van der Waals surface area contributed by atoms with Crippen LogP contribution in [-0.4, -0.2) is 39.2 Å². The molecule has 1 aromatic rings. The van der Waals surface area contributed by atoms with Crippen molar-refractivity contribution in [3.63, 3.8) is 0 Å².